The van der Waals surface area contributed by atoms with Crippen LogP contribution in [-0.4, -0.2) is 23.8 Å². The number of benzene rings is 2. The van der Waals surface area contributed by atoms with E-state index < -0.39 is 0 Å². The second kappa shape index (κ2) is 7.96. The normalized spacial score (nSPS) is 12.8. The van der Waals surface area contributed by atoms with E-state index in [2.05, 4.69) is 67.7 Å². The van der Waals surface area contributed by atoms with Crippen molar-refractivity contribution >= 4 is 0 Å². The summed E-state index contributed by atoms with van der Waals surface area (Å²) in [6.45, 7) is 5.06. The highest BCUT2D eigenvalue weighted by atomic mass is 16.3. The number of nitrogens with two attached hydrogens (primary N) is 1. The first-order valence-electron chi connectivity index (χ1n) is 7.78. The Morgan fingerprint density at radius 3 is 1.76 bits per heavy atom. The van der Waals surface area contributed by atoms with Crippen molar-refractivity contribution in [2.24, 2.45) is 0 Å². The zero-order chi connectivity index (χ0) is 15.1. The molecule has 0 aliphatic carbocycles. The molecule has 112 valence electrons. The lowest BCUT2D eigenvalue weighted by Crippen LogP contribution is -2.90. The molecule has 0 aliphatic rings. The van der Waals surface area contributed by atoms with E-state index in [9.17, 15) is 5.11 Å². The second-order valence-corrected chi connectivity index (χ2v) is 5.98. The van der Waals surface area contributed by atoms with Crippen LogP contribution < -0.4 is 5.32 Å². The highest BCUT2D eigenvalue weighted by Crippen LogP contribution is 2.28. The number of quaternary nitrogens is 1. The lowest BCUT2D eigenvalue weighted by atomic mass is 9.86. The first-order valence-corrected chi connectivity index (χ1v) is 7.78. The molecule has 2 aromatic carbocycles. The van der Waals surface area contributed by atoms with Gasteiger partial charge in [-0.05, 0) is 31.4 Å². The van der Waals surface area contributed by atoms with Gasteiger partial charge in [0.1, 0.15) is 12.6 Å². The lowest BCUT2D eigenvalue weighted by Gasteiger charge is -2.21. The molecule has 0 fully saturated rings. The Hall–Kier alpha value is -1.64. The van der Waals surface area contributed by atoms with Crippen molar-refractivity contribution in [3.63, 3.8) is 0 Å². The molecule has 0 bridgehead atoms. The van der Waals surface area contributed by atoms with Gasteiger partial charge in [0.2, 0.25) is 0 Å². The van der Waals surface area contributed by atoms with E-state index in [-0.39, 0.29) is 12.0 Å². The van der Waals surface area contributed by atoms with Gasteiger partial charge in [-0.15, -0.1) is 0 Å². The molecule has 2 rings (SSSR count). The molecule has 0 unspecified atom stereocenters. The summed E-state index contributed by atoms with van der Waals surface area (Å²) >= 11 is 0. The van der Waals surface area contributed by atoms with E-state index >= 15 is 0 Å². The molecule has 0 amide bonds. The maximum Gasteiger partial charge on any atom is 0.104 e. The summed E-state index contributed by atoms with van der Waals surface area (Å²) < 4.78 is 0. The van der Waals surface area contributed by atoms with Gasteiger partial charge >= 0.3 is 0 Å². The minimum Gasteiger partial charge on any atom is -0.387 e. The highest BCUT2D eigenvalue weighted by molar-refractivity contribution is 5.32. The Kier molecular flexibility index (Phi) is 5.97. The molecular weight excluding hydrogens is 258 g/mol. The average Bonchev–Trinajstić information content (AvgIpc) is 2.52. The SMILES string of the molecule is CC(C)[NH2+]C[C@@H](O)CC(c1ccccc1)c1ccccc1. The predicted octanol–water partition coefficient (Wildman–Crippen LogP) is 2.54. The minimum absolute atomic E-state index is 0.253. The highest BCUT2D eigenvalue weighted by Gasteiger charge is 2.19. The monoisotopic (exact) mass is 284 g/mol. The van der Waals surface area contributed by atoms with Crippen LogP contribution in [0.1, 0.15) is 37.3 Å². The van der Waals surface area contributed by atoms with Crippen molar-refractivity contribution < 1.29 is 10.4 Å². The maximum atomic E-state index is 10.4. The minimum atomic E-state index is -0.294. The van der Waals surface area contributed by atoms with Gasteiger partial charge in [0.15, 0.2) is 0 Å². The topological polar surface area (TPSA) is 36.8 Å². The van der Waals surface area contributed by atoms with Gasteiger partial charge in [0, 0.05) is 5.92 Å². The van der Waals surface area contributed by atoms with E-state index in [1.54, 1.807) is 0 Å². The van der Waals surface area contributed by atoms with E-state index in [4.69, 9.17) is 0 Å². The molecule has 2 aromatic rings. The van der Waals surface area contributed by atoms with Crippen molar-refractivity contribution in [2.75, 3.05) is 6.54 Å². The third-order valence-electron chi connectivity index (χ3n) is 3.79. The standard InChI is InChI=1S/C19H25NO/c1-15(2)20-14-18(21)13-19(16-9-5-3-6-10-16)17-11-7-4-8-12-17/h3-12,15,18-21H,13-14H2,1-2H3/p+1/t18-/m0/s1. The van der Waals surface area contributed by atoms with Crippen LogP contribution in [-0.2, 0) is 0 Å². The number of hydrogen-bond donors (Lipinski definition) is 2. The van der Waals surface area contributed by atoms with Gasteiger partial charge in [-0.25, -0.2) is 0 Å². The van der Waals surface area contributed by atoms with E-state index in [0.29, 0.717) is 6.04 Å². The van der Waals surface area contributed by atoms with Gasteiger partial charge in [-0.1, -0.05) is 60.7 Å². The summed E-state index contributed by atoms with van der Waals surface area (Å²) in [5.41, 5.74) is 2.54. The molecule has 0 spiro atoms. The van der Waals surface area contributed by atoms with Gasteiger partial charge in [0.25, 0.3) is 0 Å². The fourth-order valence-corrected chi connectivity index (χ4v) is 2.63. The van der Waals surface area contributed by atoms with Crippen LogP contribution in [0.15, 0.2) is 60.7 Å². The van der Waals surface area contributed by atoms with Crippen LogP contribution >= 0.6 is 0 Å². The van der Waals surface area contributed by atoms with Crippen LogP contribution in [0, 0.1) is 0 Å². The summed E-state index contributed by atoms with van der Waals surface area (Å²) in [5.74, 6) is 0.253. The van der Waals surface area contributed by atoms with Gasteiger partial charge < -0.3 is 10.4 Å². The van der Waals surface area contributed by atoms with Crippen molar-refractivity contribution in [3.8, 4) is 0 Å². The van der Waals surface area contributed by atoms with E-state index in [1.165, 1.54) is 11.1 Å². The molecule has 3 N–H and O–H groups in total. The molecule has 0 radical (unpaired) electrons. The predicted molar refractivity (Wildman–Crippen MR) is 87.3 cm³/mol. The zero-order valence-electron chi connectivity index (χ0n) is 12.9. The van der Waals surface area contributed by atoms with Crippen molar-refractivity contribution in [1.29, 1.82) is 0 Å². The molecule has 0 aliphatic heterocycles. The molecule has 0 heterocycles. The number of aliphatic hydroxyl groups is 1. The Labute approximate surface area is 127 Å². The van der Waals surface area contributed by atoms with Crippen molar-refractivity contribution in [3.05, 3.63) is 71.8 Å². The average molecular weight is 284 g/mol. The Morgan fingerprint density at radius 2 is 1.33 bits per heavy atom. The van der Waals surface area contributed by atoms with Crippen LogP contribution in [0.25, 0.3) is 0 Å². The molecule has 1 atom stereocenters. The van der Waals surface area contributed by atoms with Crippen LogP contribution in [0.2, 0.25) is 0 Å². The summed E-state index contributed by atoms with van der Waals surface area (Å²) in [6, 6.07) is 21.5. The van der Waals surface area contributed by atoms with Crippen LogP contribution in [0.4, 0.5) is 0 Å². The third-order valence-corrected chi connectivity index (χ3v) is 3.79. The van der Waals surface area contributed by atoms with Gasteiger partial charge in [0.05, 0.1) is 6.04 Å². The van der Waals surface area contributed by atoms with Crippen molar-refractivity contribution in [1.82, 2.24) is 0 Å². The Balaban J connectivity index is 2.13. The number of rotatable bonds is 7. The molecule has 0 saturated heterocycles. The lowest BCUT2D eigenvalue weighted by molar-refractivity contribution is -0.688. The van der Waals surface area contributed by atoms with Gasteiger partial charge in [-0.3, -0.25) is 0 Å². The van der Waals surface area contributed by atoms with E-state index in [0.717, 1.165) is 13.0 Å². The number of hydrogen-bond acceptors (Lipinski definition) is 1. The molecule has 2 nitrogen and oxygen atoms in total. The summed E-state index contributed by atoms with van der Waals surface area (Å²) in [7, 11) is 0. The second-order valence-electron chi connectivity index (χ2n) is 5.98. The Morgan fingerprint density at radius 1 is 0.857 bits per heavy atom. The molecule has 0 saturated carbocycles. The first-order chi connectivity index (χ1) is 10.2. The summed E-state index contributed by atoms with van der Waals surface area (Å²) in [5, 5.41) is 12.6. The van der Waals surface area contributed by atoms with E-state index in [1.807, 2.05) is 12.1 Å². The summed E-state index contributed by atoms with van der Waals surface area (Å²) in [4.78, 5) is 0. The first kappa shape index (κ1) is 15.7. The fourth-order valence-electron chi connectivity index (χ4n) is 2.63. The quantitative estimate of drug-likeness (QED) is 0.805. The molecule has 21 heavy (non-hydrogen) atoms. The third kappa shape index (κ3) is 5.00. The fraction of sp³-hybridized carbons (Fsp3) is 0.368. The molecule has 0 aromatic heterocycles. The van der Waals surface area contributed by atoms with Crippen LogP contribution in [0.5, 0.6) is 0 Å². The molecule has 2 heteroatoms. The smallest absolute Gasteiger partial charge is 0.104 e. The van der Waals surface area contributed by atoms with Gasteiger partial charge in [-0.2, -0.15) is 0 Å². The van der Waals surface area contributed by atoms with Crippen molar-refractivity contribution in [2.45, 2.75) is 38.3 Å². The largest absolute Gasteiger partial charge is 0.387 e. The summed E-state index contributed by atoms with van der Waals surface area (Å²) in [6.07, 6.45) is 0.467. The van der Waals surface area contributed by atoms with Crippen LogP contribution in [0.3, 0.4) is 0 Å². The Bertz CT molecular complexity index is 470. The maximum absolute atomic E-state index is 10.4. The number of aliphatic hydroxyl groups excluding tert-OH is 1. The zero-order valence-corrected chi connectivity index (χ0v) is 12.9. The molecular formula is C19H26NO+.